The molecule has 102 valence electrons. The molecular formula is C12H14N2O5. The van der Waals surface area contributed by atoms with Crippen LogP contribution >= 0.6 is 0 Å². The Kier molecular flexibility index (Phi) is 3.96. The molecule has 7 nitrogen and oxygen atoms in total. The molecule has 2 rings (SSSR count). The standard InChI is InChI=1S/C12H14N2O5/c15-12(16)10-6-8(3-4-11(10)14(17)18)13-9-2-1-5-19-7-9/h3-4,6,9,13H,1-2,5,7H2,(H,15,16). The van der Waals surface area contributed by atoms with Crippen LogP contribution in [0.4, 0.5) is 11.4 Å². The molecule has 0 amide bonds. The molecule has 19 heavy (non-hydrogen) atoms. The first-order chi connectivity index (χ1) is 9.08. The second-order valence-electron chi connectivity index (χ2n) is 4.35. The van der Waals surface area contributed by atoms with Gasteiger partial charge in [0.1, 0.15) is 5.56 Å². The second kappa shape index (κ2) is 5.66. The van der Waals surface area contributed by atoms with Crippen molar-refractivity contribution in [3.63, 3.8) is 0 Å². The van der Waals surface area contributed by atoms with E-state index < -0.39 is 16.6 Å². The predicted molar refractivity (Wildman–Crippen MR) is 67.5 cm³/mol. The highest BCUT2D eigenvalue weighted by Crippen LogP contribution is 2.24. The maximum absolute atomic E-state index is 11.0. The average Bonchev–Trinajstić information content (AvgIpc) is 2.39. The number of nitro benzene ring substituents is 1. The smallest absolute Gasteiger partial charge is 0.342 e. The zero-order valence-corrected chi connectivity index (χ0v) is 10.2. The van der Waals surface area contributed by atoms with Gasteiger partial charge in [-0.1, -0.05) is 0 Å². The van der Waals surface area contributed by atoms with Gasteiger partial charge in [0, 0.05) is 24.4 Å². The van der Waals surface area contributed by atoms with Crippen molar-refractivity contribution in [2.75, 3.05) is 18.5 Å². The van der Waals surface area contributed by atoms with Crippen LogP contribution in [0.15, 0.2) is 18.2 Å². The first-order valence-electron chi connectivity index (χ1n) is 5.94. The van der Waals surface area contributed by atoms with Crippen LogP contribution in [0.25, 0.3) is 0 Å². The number of hydrogen-bond acceptors (Lipinski definition) is 5. The summed E-state index contributed by atoms with van der Waals surface area (Å²) in [5, 5.41) is 22.8. The molecule has 0 spiro atoms. The van der Waals surface area contributed by atoms with Crippen molar-refractivity contribution in [2.45, 2.75) is 18.9 Å². The Morgan fingerprint density at radius 3 is 2.89 bits per heavy atom. The minimum atomic E-state index is -1.31. The summed E-state index contributed by atoms with van der Waals surface area (Å²) in [5.41, 5.74) is -0.164. The lowest BCUT2D eigenvalue weighted by Gasteiger charge is -2.24. The average molecular weight is 266 g/mol. The quantitative estimate of drug-likeness (QED) is 0.637. The predicted octanol–water partition coefficient (Wildman–Crippen LogP) is 1.88. The highest BCUT2D eigenvalue weighted by molar-refractivity contribution is 5.93. The minimum absolute atomic E-state index is 0.108. The van der Waals surface area contributed by atoms with E-state index in [4.69, 9.17) is 9.84 Å². The summed E-state index contributed by atoms with van der Waals surface area (Å²) < 4.78 is 5.31. The summed E-state index contributed by atoms with van der Waals surface area (Å²) >= 11 is 0. The molecule has 1 atom stereocenters. The number of carbonyl (C=O) groups is 1. The van der Waals surface area contributed by atoms with Crippen LogP contribution in [-0.2, 0) is 4.74 Å². The number of hydrogen-bond donors (Lipinski definition) is 2. The number of aromatic carboxylic acids is 1. The van der Waals surface area contributed by atoms with Crippen molar-refractivity contribution in [1.82, 2.24) is 0 Å². The molecule has 7 heteroatoms. The van der Waals surface area contributed by atoms with Crippen molar-refractivity contribution in [3.8, 4) is 0 Å². The summed E-state index contributed by atoms with van der Waals surface area (Å²) in [4.78, 5) is 21.0. The van der Waals surface area contributed by atoms with Gasteiger partial charge in [-0.3, -0.25) is 10.1 Å². The Morgan fingerprint density at radius 1 is 1.53 bits per heavy atom. The molecule has 1 aliphatic rings. The third kappa shape index (κ3) is 3.19. The van der Waals surface area contributed by atoms with Crippen molar-refractivity contribution in [1.29, 1.82) is 0 Å². The van der Waals surface area contributed by atoms with Crippen LogP contribution in [0.3, 0.4) is 0 Å². The van der Waals surface area contributed by atoms with Crippen LogP contribution in [0, 0.1) is 10.1 Å². The molecule has 1 aromatic carbocycles. The number of carboxylic acids is 1. The van der Waals surface area contributed by atoms with Crippen LogP contribution in [0.1, 0.15) is 23.2 Å². The second-order valence-corrected chi connectivity index (χ2v) is 4.35. The molecule has 0 radical (unpaired) electrons. The Hall–Kier alpha value is -2.15. The van der Waals surface area contributed by atoms with Crippen molar-refractivity contribution in [2.24, 2.45) is 0 Å². The maximum Gasteiger partial charge on any atom is 0.342 e. The van der Waals surface area contributed by atoms with Gasteiger partial charge in [0.25, 0.3) is 5.69 Å². The number of anilines is 1. The van der Waals surface area contributed by atoms with Crippen molar-refractivity contribution < 1.29 is 19.6 Å². The lowest BCUT2D eigenvalue weighted by Crippen LogP contribution is -2.30. The minimum Gasteiger partial charge on any atom is -0.477 e. The van der Waals surface area contributed by atoms with E-state index >= 15 is 0 Å². The highest BCUT2D eigenvalue weighted by atomic mass is 16.6. The molecule has 1 aromatic rings. The van der Waals surface area contributed by atoms with Gasteiger partial charge in [0.15, 0.2) is 0 Å². The van der Waals surface area contributed by atoms with Gasteiger partial charge in [0.2, 0.25) is 0 Å². The SMILES string of the molecule is O=C(O)c1cc(NC2CCCOC2)ccc1[N+](=O)[O-]. The third-order valence-electron chi connectivity index (χ3n) is 2.95. The Balaban J connectivity index is 2.20. The van der Waals surface area contributed by atoms with E-state index in [9.17, 15) is 14.9 Å². The number of nitro groups is 1. The summed E-state index contributed by atoms with van der Waals surface area (Å²) in [6, 6.07) is 4.11. The molecule has 1 heterocycles. The largest absolute Gasteiger partial charge is 0.477 e. The van der Waals surface area contributed by atoms with Crippen molar-refractivity contribution >= 4 is 17.3 Å². The number of rotatable bonds is 4. The van der Waals surface area contributed by atoms with Crippen LogP contribution in [0.5, 0.6) is 0 Å². The maximum atomic E-state index is 11.0. The molecule has 1 unspecified atom stereocenters. The molecular weight excluding hydrogens is 252 g/mol. The van der Waals surface area contributed by atoms with E-state index in [-0.39, 0.29) is 11.6 Å². The van der Waals surface area contributed by atoms with E-state index in [1.165, 1.54) is 18.2 Å². The summed E-state index contributed by atoms with van der Waals surface area (Å²) in [6.07, 6.45) is 1.87. The van der Waals surface area contributed by atoms with Crippen LogP contribution in [0.2, 0.25) is 0 Å². The first kappa shape index (κ1) is 13.3. The number of ether oxygens (including phenoxy) is 1. The van der Waals surface area contributed by atoms with Gasteiger partial charge in [-0.25, -0.2) is 4.79 Å². The third-order valence-corrected chi connectivity index (χ3v) is 2.95. The van der Waals surface area contributed by atoms with Gasteiger partial charge in [-0.15, -0.1) is 0 Å². The Labute approximate surface area is 109 Å². The van der Waals surface area contributed by atoms with Crippen molar-refractivity contribution in [3.05, 3.63) is 33.9 Å². The van der Waals surface area contributed by atoms with Crippen LogP contribution < -0.4 is 5.32 Å². The van der Waals surface area contributed by atoms with Gasteiger partial charge in [-0.2, -0.15) is 0 Å². The normalized spacial score (nSPS) is 18.8. The van der Waals surface area contributed by atoms with E-state index in [1.807, 2.05) is 0 Å². The van der Waals surface area contributed by atoms with Gasteiger partial charge < -0.3 is 15.2 Å². The van der Waals surface area contributed by atoms with E-state index in [2.05, 4.69) is 5.32 Å². The van der Waals surface area contributed by atoms with Gasteiger partial charge in [-0.05, 0) is 25.0 Å². The Bertz CT molecular complexity index is 497. The number of nitrogens with zero attached hydrogens (tertiary/aromatic N) is 1. The Morgan fingerprint density at radius 2 is 2.32 bits per heavy atom. The fourth-order valence-corrected chi connectivity index (χ4v) is 2.05. The number of nitrogens with one attached hydrogen (secondary N) is 1. The zero-order valence-electron chi connectivity index (χ0n) is 10.2. The van der Waals surface area contributed by atoms with Gasteiger partial charge >= 0.3 is 5.97 Å². The molecule has 0 bridgehead atoms. The fourth-order valence-electron chi connectivity index (χ4n) is 2.05. The van der Waals surface area contributed by atoms with Crippen LogP contribution in [-0.4, -0.2) is 35.3 Å². The molecule has 1 aliphatic heterocycles. The first-order valence-corrected chi connectivity index (χ1v) is 5.94. The van der Waals surface area contributed by atoms with Gasteiger partial charge in [0.05, 0.1) is 11.5 Å². The number of carboxylic acid groups (broad SMARTS) is 1. The topological polar surface area (TPSA) is 102 Å². The molecule has 0 aliphatic carbocycles. The van der Waals surface area contributed by atoms with E-state index in [0.29, 0.717) is 12.3 Å². The fraction of sp³-hybridized carbons (Fsp3) is 0.417. The monoisotopic (exact) mass is 266 g/mol. The molecule has 2 N–H and O–H groups in total. The lowest BCUT2D eigenvalue weighted by atomic mass is 10.1. The highest BCUT2D eigenvalue weighted by Gasteiger charge is 2.21. The molecule has 0 saturated carbocycles. The lowest BCUT2D eigenvalue weighted by molar-refractivity contribution is -0.385. The summed E-state index contributed by atoms with van der Waals surface area (Å²) in [5.74, 6) is -1.31. The van der Waals surface area contributed by atoms with E-state index in [1.54, 1.807) is 0 Å². The molecule has 1 fully saturated rings. The molecule has 1 saturated heterocycles. The zero-order chi connectivity index (χ0) is 13.8. The van der Waals surface area contributed by atoms with E-state index in [0.717, 1.165) is 19.4 Å². The number of benzene rings is 1. The summed E-state index contributed by atoms with van der Waals surface area (Å²) in [7, 11) is 0. The molecule has 0 aromatic heterocycles. The summed E-state index contributed by atoms with van der Waals surface area (Å²) in [6.45, 7) is 1.29.